The Bertz CT molecular complexity index is 802. The van der Waals surface area contributed by atoms with Crippen LogP contribution in [0.1, 0.15) is 39.9 Å². The first-order chi connectivity index (χ1) is 11.3. The zero-order chi connectivity index (χ0) is 15.6. The molecule has 4 nitrogen and oxygen atoms in total. The molecule has 0 spiro atoms. The van der Waals surface area contributed by atoms with Crippen LogP contribution >= 0.6 is 0 Å². The van der Waals surface area contributed by atoms with Crippen molar-refractivity contribution >= 4 is 11.6 Å². The summed E-state index contributed by atoms with van der Waals surface area (Å²) in [5, 5.41) is 0. The summed E-state index contributed by atoms with van der Waals surface area (Å²) in [7, 11) is 1.70. The molecule has 0 N–H and O–H groups in total. The van der Waals surface area contributed by atoms with Crippen LogP contribution in [0.2, 0.25) is 0 Å². The van der Waals surface area contributed by atoms with Crippen LogP contribution in [0.5, 0.6) is 5.75 Å². The van der Waals surface area contributed by atoms with Gasteiger partial charge in [0.05, 0.1) is 13.2 Å². The Hall–Kier alpha value is -2.33. The third kappa shape index (κ3) is 1.78. The third-order valence-electron chi connectivity index (χ3n) is 5.20. The molecule has 0 bridgehead atoms. The molecule has 0 radical (unpaired) electrons. The summed E-state index contributed by atoms with van der Waals surface area (Å²) >= 11 is 0. The van der Waals surface area contributed by atoms with E-state index in [1.807, 2.05) is 47.4 Å². The predicted octanol–water partition coefficient (Wildman–Crippen LogP) is 3.28. The number of anilines is 1. The van der Waals surface area contributed by atoms with Crippen LogP contribution < -0.4 is 9.64 Å². The van der Waals surface area contributed by atoms with Gasteiger partial charge < -0.3 is 14.4 Å². The van der Waals surface area contributed by atoms with E-state index in [2.05, 4.69) is 0 Å². The van der Waals surface area contributed by atoms with Crippen molar-refractivity contribution in [2.75, 3.05) is 18.6 Å². The lowest BCUT2D eigenvalue weighted by Gasteiger charge is -2.19. The first-order valence-corrected chi connectivity index (χ1v) is 8.01. The number of carbonyl (C=O) groups is 1. The predicted molar refractivity (Wildman–Crippen MR) is 86.1 cm³/mol. The quantitative estimate of drug-likeness (QED) is 0.800. The number of benzene rings is 2. The van der Waals surface area contributed by atoms with E-state index in [1.165, 1.54) is 5.56 Å². The molecule has 1 aliphatic carbocycles. The van der Waals surface area contributed by atoms with Gasteiger partial charge in [-0.1, -0.05) is 18.2 Å². The number of nitrogens with zero attached hydrogens (tertiary/aromatic N) is 1. The SMILES string of the molecule is COc1ccc2c3c1[C@H]1O[C@H]1C[C@H]3CN2C(=O)c1ccccc1. The second kappa shape index (κ2) is 4.59. The number of amides is 1. The summed E-state index contributed by atoms with van der Waals surface area (Å²) in [6, 6.07) is 13.5. The van der Waals surface area contributed by atoms with E-state index in [9.17, 15) is 4.79 Å². The summed E-state index contributed by atoms with van der Waals surface area (Å²) < 4.78 is 11.3. The van der Waals surface area contributed by atoms with Gasteiger partial charge in [0.1, 0.15) is 11.9 Å². The van der Waals surface area contributed by atoms with Crippen LogP contribution in [0.4, 0.5) is 5.69 Å². The van der Waals surface area contributed by atoms with Gasteiger partial charge in [-0.3, -0.25) is 4.79 Å². The Morgan fingerprint density at radius 1 is 1.17 bits per heavy atom. The van der Waals surface area contributed by atoms with Crippen molar-refractivity contribution in [2.24, 2.45) is 0 Å². The number of carbonyl (C=O) groups excluding carboxylic acids is 1. The minimum atomic E-state index is 0.0713. The highest BCUT2D eigenvalue weighted by Crippen LogP contribution is 2.59. The van der Waals surface area contributed by atoms with Gasteiger partial charge in [-0.25, -0.2) is 0 Å². The van der Waals surface area contributed by atoms with E-state index in [1.54, 1.807) is 7.11 Å². The van der Waals surface area contributed by atoms with Crippen molar-refractivity contribution in [1.82, 2.24) is 0 Å². The van der Waals surface area contributed by atoms with Crippen LogP contribution in [-0.4, -0.2) is 25.7 Å². The molecule has 1 fully saturated rings. The van der Waals surface area contributed by atoms with Gasteiger partial charge in [-0.15, -0.1) is 0 Å². The average Bonchev–Trinajstić information content (AvgIpc) is 3.29. The average molecular weight is 307 g/mol. The highest BCUT2D eigenvalue weighted by atomic mass is 16.6. The molecular formula is C19H17NO3. The highest BCUT2D eigenvalue weighted by Gasteiger charge is 2.53. The van der Waals surface area contributed by atoms with E-state index < -0.39 is 0 Å². The minimum Gasteiger partial charge on any atom is -0.496 e. The van der Waals surface area contributed by atoms with E-state index in [0.29, 0.717) is 12.0 Å². The van der Waals surface area contributed by atoms with Crippen molar-refractivity contribution in [1.29, 1.82) is 0 Å². The molecule has 23 heavy (non-hydrogen) atoms. The second-order valence-electron chi connectivity index (χ2n) is 6.42. The Morgan fingerprint density at radius 2 is 2.00 bits per heavy atom. The molecule has 5 rings (SSSR count). The van der Waals surface area contributed by atoms with E-state index >= 15 is 0 Å². The number of hydrogen-bond acceptors (Lipinski definition) is 3. The van der Waals surface area contributed by atoms with Gasteiger partial charge in [0, 0.05) is 29.3 Å². The Labute approximate surface area is 134 Å². The van der Waals surface area contributed by atoms with Crippen LogP contribution in [0.3, 0.4) is 0 Å². The molecule has 2 aliphatic heterocycles. The Kier molecular flexibility index (Phi) is 2.62. The summed E-state index contributed by atoms with van der Waals surface area (Å²) in [4.78, 5) is 14.8. The number of rotatable bonds is 2. The molecule has 2 aromatic carbocycles. The number of fused-ring (bicyclic) bond motifs is 2. The third-order valence-corrected chi connectivity index (χ3v) is 5.20. The molecule has 2 aromatic rings. The van der Waals surface area contributed by atoms with Gasteiger partial charge >= 0.3 is 0 Å². The van der Waals surface area contributed by atoms with Gasteiger partial charge in [-0.05, 0) is 36.2 Å². The summed E-state index contributed by atoms with van der Waals surface area (Å²) in [5.41, 5.74) is 4.17. The number of ether oxygens (including phenoxy) is 2. The zero-order valence-corrected chi connectivity index (χ0v) is 12.9. The number of hydrogen-bond donors (Lipinski definition) is 0. The standard InChI is InChI=1S/C19H17NO3/c1-22-14-8-7-13-16-12(9-15-18(23-15)17(14)16)10-20(13)19(21)11-5-3-2-4-6-11/h2-8,12,15,18H,9-10H2,1H3/t12-,15-,18-/m0/s1. The smallest absolute Gasteiger partial charge is 0.258 e. The fourth-order valence-corrected chi connectivity index (χ4v) is 4.13. The molecule has 0 saturated carbocycles. The zero-order valence-electron chi connectivity index (χ0n) is 12.9. The van der Waals surface area contributed by atoms with Gasteiger partial charge in [0.15, 0.2) is 0 Å². The summed E-state index contributed by atoms with van der Waals surface area (Å²) in [6.07, 6.45) is 1.45. The van der Waals surface area contributed by atoms with Gasteiger partial charge in [0.25, 0.3) is 5.91 Å². The lowest BCUT2D eigenvalue weighted by atomic mass is 9.83. The second-order valence-corrected chi connectivity index (χ2v) is 6.42. The molecular weight excluding hydrogens is 290 g/mol. The van der Waals surface area contributed by atoms with Crippen molar-refractivity contribution in [3.8, 4) is 5.75 Å². The molecule has 3 aliphatic rings. The topological polar surface area (TPSA) is 42.1 Å². The normalized spacial score (nSPS) is 26.5. The van der Waals surface area contributed by atoms with E-state index in [4.69, 9.17) is 9.47 Å². The van der Waals surface area contributed by atoms with E-state index in [0.717, 1.165) is 35.5 Å². The first kappa shape index (κ1) is 13.1. The molecule has 1 amide bonds. The lowest BCUT2D eigenvalue weighted by molar-refractivity contribution is 0.0987. The molecule has 116 valence electrons. The monoisotopic (exact) mass is 307 g/mol. The maximum Gasteiger partial charge on any atom is 0.258 e. The summed E-state index contributed by atoms with van der Waals surface area (Å²) in [6.45, 7) is 0.732. The van der Waals surface area contributed by atoms with Crippen LogP contribution in [0.15, 0.2) is 42.5 Å². The Balaban J connectivity index is 1.62. The number of methoxy groups -OCH3 is 1. The fraction of sp³-hybridized carbons (Fsp3) is 0.316. The van der Waals surface area contributed by atoms with Crippen molar-refractivity contribution in [3.63, 3.8) is 0 Å². The maximum absolute atomic E-state index is 12.9. The largest absolute Gasteiger partial charge is 0.496 e. The molecule has 0 aromatic heterocycles. The maximum atomic E-state index is 12.9. The van der Waals surface area contributed by atoms with Crippen LogP contribution in [0.25, 0.3) is 0 Å². The van der Waals surface area contributed by atoms with Gasteiger partial charge in [0.2, 0.25) is 0 Å². The summed E-state index contributed by atoms with van der Waals surface area (Å²) in [5.74, 6) is 1.31. The minimum absolute atomic E-state index is 0.0713. The van der Waals surface area contributed by atoms with Crippen LogP contribution in [-0.2, 0) is 4.74 Å². The van der Waals surface area contributed by atoms with E-state index in [-0.39, 0.29) is 12.0 Å². The molecule has 4 heteroatoms. The molecule has 2 heterocycles. The number of epoxide rings is 1. The van der Waals surface area contributed by atoms with Crippen LogP contribution in [0, 0.1) is 0 Å². The van der Waals surface area contributed by atoms with Crippen molar-refractivity contribution < 1.29 is 14.3 Å². The Morgan fingerprint density at radius 3 is 2.78 bits per heavy atom. The molecule has 1 saturated heterocycles. The molecule has 3 atom stereocenters. The fourth-order valence-electron chi connectivity index (χ4n) is 4.13. The molecule has 0 unspecified atom stereocenters. The highest BCUT2D eigenvalue weighted by molar-refractivity contribution is 6.07. The van der Waals surface area contributed by atoms with Crippen molar-refractivity contribution in [2.45, 2.75) is 24.5 Å². The lowest BCUT2D eigenvalue weighted by Crippen LogP contribution is -2.30. The van der Waals surface area contributed by atoms with Crippen molar-refractivity contribution in [3.05, 3.63) is 59.2 Å². The van der Waals surface area contributed by atoms with Gasteiger partial charge in [-0.2, -0.15) is 0 Å². The first-order valence-electron chi connectivity index (χ1n) is 8.01.